The van der Waals surface area contributed by atoms with E-state index in [4.69, 9.17) is 5.73 Å². The van der Waals surface area contributed by atoms with Crippen LogP contribution < -0.4 is 5.73 Å². The van der Waals surface area contributed by atoms with Crippen LogP contribution in [-0.2, 0) is 0 Å². The largest absolute Gasteiger partial charge is 0.330 e. The average molecular weight is 199 g/mol. The zero-order valence-electron chi connectivity index (χ0n) is 9.87. The van der Waals surface area contributed by atoms with Crippen LogP contribution in [0.15, 0.2) is 0 Å². The molecule has 1 aliphatic rings. The first-order valence-electron chi connectivity index (χ1n) is 5.83. The van der Waals surface area contributed by atoms with Crippen LogP contribution in [-0.4, -0.2) is 55.1 Å². The van der Waals surface area contributed by atoms with Gasteiger partial charge in [0, 0.05) is 25.2 Å². The first kappa shape index (κ1) is 12.0. The molecular weight excluding hydrogens is 174 g/mol. The lowest BCUT2D eigenvalue weighted by molar-refractivity contribution is 0.0407. The van der Waals surface area contributed by atoms with Crippen LogP contribution in [0.3, 0.4) is 0 Å². The fourth-order valence-corrected chi connectivity index (χ4v) is 2.57. The molecule has 2 unspecified atom stereocenters. The van der Waals surface area contributed by atoms with Crippen molar-refractivity contribution in [2.45, 2.75) is 38.8 Å². The van der Waals surface area contributed by atoms with Crippen molar-refractivity contribution in [2.75, 3.05) is 33.2 Å². The van der Waals surface area contributed by atoms with Gasteiger partial charge in [0.15, 0.2) is 0 Å². The number of likely N-dealkylation sites (N-methyl/N-ethyl adjacent to an activating group) is 1. The van der Waals surface area contributed by atoms with Crippen molar-refractivity contribution < 1.29 is 0 Å². The Bertz CT molecular complexity index is 161. The van der Waals surface area contributed by atoms with Gasteiger partial charge in [0.1, 0.15) is 0 Å². The molecular formula is C11H25N3. The van der Waals surface area contributed by atoms with E-state index in [0.717, 1.165) is 13.0 Å². The molecule has 0 spiro atoms. The SMILES string of the molecule is CCCN1C(C)CN(C)CC1CCN. The number of hydrogen-bond acceptors (Lipinski definition) is 3. The molecule has 2 atom stereocenters. The van der Waals surface area contributed by atoms with Gasteiger partial charge in [0.25, 0.3) is 0 Å². The highest BCUT2D eigenvalue weighted by molar-refractivity contribution is 4.85. The highest BCUT2D eigenvalue weighted by Gasteiger charge is 2.28. The average Bonchev–Trinajstić information content (AvgIpc) is 2.11. The Labute approximate surface area is 88.2 Å². The predicted molar refractivity (Wildman–Crippen MR) is 61.4 cm³/mol. The second kappa shape index (κ2) is 5.69. The molecule has 0 saturated carbocycles. The highest BCUT2D eigenvalue weighted by atomic mass is 15.3. The van der Waals surface area contributed by atoms with Crippen molar-refractivity contribution in [3.05, 3.63) is 0 Å². The molecule has 2 N–H and O–H groups in total. The lowest BCUT2D eigenvalue weighted by Crippen LogP contribution is -2.57. The standard InChI is InChI=1S/C11H25N3/c1-4-7-14-10(2)8-13(3)9-11(14)5-6-12/h10-11H,4-9,12H2,1-3H3. The summed E-state index contributed by atoms with van der Waals surface area (Å²) in [6.45, 7) is 8.99. The van der Waals surface area contributed by atoms with E-state index in [1.807, 2.05) is 0 Å². The maximum absolute atomic E-state index is 5.66. The molecule has 1 saturated heterocycles. The fraction of sp³-hybridized carbons (Fsp3) is 1.00. The first-order valence-corrected chi connectivity index (χ1v) is 5.83. The summed E-state index contributed by atoms with van der Waals surface area (Å²) in [6.07, 6.45) is 2.38. The molecule has 0 aromatic carbocycles. The van der Waals surface area contributed by atoms with E-state index in [-0.39, 0.29) is 0 Å². The molecule has 1 fully saturated rings. The molecule has 0 aromatic rings. The Hall–Kier alpha value is -0.120. The Morgan fingerprint density at radius 3 is 2.64 bits per heavy atom. The van der Waals surface area contributed by atoms with Gasteiger partial charge in [-0.25, -0.2) is 0 Å². The van der Waals surface area contributed by atoms with Gasteiger partial charge in [0.2, 0.25) is 0 Å². The number of nitrogens with two attached hydrogens (primary N) is 1. The summed E-state index contributed by atoms with van der Waals surface area (Å²) in [5, 5.41) is 0. The summed E-state index contributed by atoms with van der Waals surface area (Å²) >= 11 is 0. The van der Waals surface area contributed by atoms with E-state index < -0.39 is 0 Å². The van der Waals surface area contributed by atoms with E-state index in [9.17, 15) is 0 Å². The second-order valence-electron chi connectivity index (χ2n) is 4.54. The molecule has 0 amide bonds. The number of rotatable bonds is 4. The van der Waals surface area contributed by atoms with Crippen molar-refractivity contribution in [2.24, 2.45) is 5.73 Å². The molecule has 0 radical (unpaired) electrons. The monoisotopic (exact) mass is 199 g/mol. The molecule has 84 valence electrons. The molecule has 0 aromatic heterocycles. The quantitative estimate of drug-likeness (QED) is 0.725. The minimum absolute atomic E-state index is 0.675. The zero-order valence-corrected chi connectivity index (χ0v) is 9.87. The van der Waals surface area contributed by atoms with E-state index in [1.165, 1.54) is 26.1 Å². The van der Waals surface area contributed by atoms with Gasteiger partial charge in [-0.05, 0) is 39.9 Å². The van der Waals surface area contributed by atoms with E-state index in [2.05, 4.69) is 30.7 Å². The third kappa shape index (κ3) is 2.94. The Morgan fingerprint density at radius 2 is 2.07 bits per heavy atom. The van der Waals surface area contributed by atoms with E-state index in [1.54, 1.807) is 0 Å². The summed E-state index contributed by atoms with van der Waals surface area (Å²) in [7, 11) is 2.21. The molecule has 1 rings (SSSR count). The predicted octanol–water partition coefficient (Wildman–Crippen LogP) is 0.750. The Kier molecular flexibility index (Phi) is 4.85. The van der Waals surface area contributed by atoms with Gasteiger partial charge in [-0.2, -0.15) is 0 Å². The summed E-state index contributed by atoms with van der Waals surface area (Å²) in [4.78, 5) is 5.06. The highest BCUT2D eigenvalue weighted by Crippen LogP contribution is 2.16. The molecule has 0 aliphatic carbocycles. The van der Waals surface area contributed by atoms with Crippen LogP contribution in [0.4, 0.5) is 0 Å². The van der Waals surface area contributed by atoms with E-state index in [0.29, 0.717) is 12.1 Å². The van der Waals surface area contributed by atoms with Crippen LogP contribution in [0.2, 0.25) is 0 Å². The summed E-state index contributed by atoms with van der Waals surface area (Å²) < 4.78 is 0. The smallest absolute Gasteiger partial charge is 0.0238 e. The number of hydrogen-bond donors (Lipinski definition) is 1. The van der Waals surface area contributed by atoms with Crippen molar-refractivity contribution in [1.29, 1.82) is 0 Å². The van der Waals surface area contributed by atoms with Gasteiger partial charge in [-0.1, -0.05) is 6.92 Å². The van der Waals surface area contributed by atoms with Gasteiger partial charge < -0.3 is 10.6 Å². The van der Waals surface area contributed by atoms with Crippen LogP contribution in [0.1, 0.15) is 26.7 Å². The number of nitrogens with zero attached hydrogens (tertiary/aromatic N) is 2. The fourth-order valence-electron chi connectivity index (χ4n) is 2.57. The van der Waals surface area contributed by atoms with Crippen LogP contribution >= 0.6 is 0 Å². The van der Waals surface area contributed by atoms with Gasteiger partial charge in [-0.15, -0.1) is 0 Å². The van der Waals surface area contributed by atoms with Crippen LogP contribution in [0, 0.1) is 0 Å². The second-order valence-corrected chi connectivity index (χ2v) is 4.54. The molecule has 1 heterocycles. The summed E-state index contributed by atoms with van der Waals surface area (Å²) in [6, 6.07) is 1.36. The van der Waals surface area contributed by atoms with Crippen LogP contribution in [0.5, 0.6) is 0 Å². The minimum atomic E-state index is 0.675. The third-order valence-electron chi connectivity index (χ3n) is 3.12. The van der Waals surface area contributed by atoms with Crippen LogP contribution in [0.25, 0.3) is 0 Å². The van der Waals surface area contributed by atoms with Gasteiger partial charge in [0.05, 0.1) is 0 Å². The summed E-state index contributed by atoms with van der Waals surface area (Å²) in [5.41, 5.74) is 5.66. The van der Waals surface area contributed by atoms with E-state index >= 15 is 0 Å². The topological polar surface area (TPSA) is 32.5 Å². The Morgan fingerprint density at radius 1 is 1.36 bits per heavy atom. The van der Waals surface area contributed by atoms with Crippen molar-refractivity contribution >= 4 is 0 Å². The lowest BCUT2D eigenvalue weighted by Gasteiger charge is -2.44. The molecule has 14 heavy (non-hydrogen) atoms. The zero-order chi connectivity index (χ0) is 10.6. The molecule has 3 heteroatoms. The lowest BCUT2D eigenvalue weighted by atomic mass is 10.0. The maximum Gasteiger partial charge on any atom is 0.0238 e. The molecule has 0 bridgehead atoms. The van der Waals surface area contributed by atoms with Crippen molar-refractivity contribution in [3.63, 3.8) is 0 Å². The molecule has 3 nitrogen and oxygen atoms in total. The first-order chi connectivity index (χ1) is 6.69. The van der Waals surface area contributed by atoms with Gasteiger partial charge >= 0.3 is 0 Å². The van der Waals surface area contributed by atoms with Crippen molar-refractivity contribution in [3.8, 4) is 0 Å². The minimum Gasteiger partial charge on any atom is -0.330 e. The third-order valence-corrected chi connectivity index (χ3v) is 3.12. The maximum atomic E-state index is 5.66. The number of piperazine rings is 1. The Balaban J connectivity index is 2.55. The summed E-state index contributed by atoms with van der Waals surface area (Å²) in [5.74, 6) is 0. The normalized spacial score (nSPS) is 30.9. The van der Waals surface area contributed by atoms with Crippen molar-refractivity contribution in [1.82, 2.24) is 9.80 Å². The molecule has 1 aliphatic heterocycles. The van der Waals surface area contributed by atoms with Gasteiger partial charge in [-0.3, -0.25) is 4.90 Å².